The van der Waals surface area contributed by atoms with E-state index in [1.54, 1.807) is 84.9 Å². The van der Waals surface area contributed by atoms with Crippen molar-refractivity contribution in [3.8, 4) is 23.0 Å². The number of aromatic hydroxyl groups is 2. The molecule has 4 aromatic rings. The van der Waals surface area contributed by atoms with Crippen LogP contribution in [-0.2, 0) is 32.3 Å². The van der Waals surface area contributed by atoms with Gasteiger partial charge in [-0.25, -0.2) is 9.59 Å². The Bertz CT molecular complexity index is 1570. The zero-order chi connectivity index (χ0) is 34.1. The summed E-state index contributed by atoms with van der Waals surface area (Å²) in [6.07, 6.45) is 4.37. The molecule has 0 bridgehead atoms. The summed E-state index contributed by atoms with van der Waals surface area (Å²) >= 11 is 0. The first-order valence-corrected chi connectivity index (χ1v) is 15.8. The van der Waals surface area contributed by atoms with Crippen LogP contribution >= 0.6 is 0 Å². The van der Waals surface area contributed by atoms with Gasteiger partial charge >= 0.3 is 23.9 Å². The van der Waals surface area contributed by atoms with Crippen LogP contribution in [0.15, 0.2) is 97.1 Å². The molecule has 0 radical (unpaired) electrons. The van der Waals surface area contributed by atoms with Crippen LogP contribution in [0, 0.1) is 0 Å². The van der Waals surface area contributed by atoms with Gasteiger partial charge in [-0.3, -0.25) is 9.59 Å². The quantitative estimate of drug-likeness (QED) is 0.0669. The minimum absolute atomic E-state index is 0.0388. The predicted octanol–water partition coefficient (Wildman–Crippen LogP) is 7.44. The van der Waals surface area contributed by atoms with Crippen molar-refractivity contribution in [2.45, 2.75) is 64.6 Å². The topological polar surface area (TPSA) is 146 Å². The van der Waals surface area contributed by atoms with Crippen molar-refractivity contribution >= 4 is 23.9 Å². The molecule has 0 heterocycles. The van der Waals surface area contributed by atoms with Gasteiger partial charge in [0, 0.05) is 24.0 Å². The number of ether oxygens (including phenoxy) is 4. The van der Waals surface area contributed by atoms with E-state index in [1.165, 1.54) is 12.1 Å². The van der Waals surface area contributed by atoms with Gasteiger partial charge in [-0.1, -0.05) is 86.3 Å². The van der Waals surface area contributed by atoms with E-state index in [9.17, 15) is 29.4 Å². The summed E-state index contributed by atoms with van der Waals surface area (Å²) in [5, 5.41) is 19.9. The first-order valence-electron chi connectivity index (χ1n) is 15.8. The van der Waals surface area contributed by atoms with Crippen molar-refractivity contribution in [1.29, 1.82) is 0 Å². The Kier molecular flexibility index (Phi) is 13.6. The maximum absolute atomic E-state index is 12.6. The SMILES string of the molecule is O=C(CCCCCCCCC(=O)OC(=O)c1ccccc1OCc1ccccc1O)OC(=O)c1ccccc1OCc1ccccc1O. The van der Waals surface area contributed by atoms with Crippen molar-refractivity contribution in [2.24, 2.45) is 0 Å². The molecule has 0 atom stereocenters. The van der Waals surface area contributed by atoms with Crippen molar-refractivity contribution in [3.63, 3.8) is 0 Å². The Morgan fingerprint density at radius 1 is 0.458 bits per heavy atom. The van der Waals surface area contributed by atoms with Gasteiger partial charge in [-0.05, 0) is 49.2 Å². The summed E-state index contributed by atoms with van der Waals surface area (Å²) < 4.78 is 21.5. The molecule has 0 aromatic heterocycles. The third-order valence-electron chi connectivity index (χ3n) is 7.39. The van der Waals surface area contributed by atoms with E-state index in [0.29, 0.717) is 24.0 Å². The second-order valence-electron chi connectivity index (χ2n) is 11.0. The summed E-state index contributed by atoms with van der Waals surface area (Å²) in [6.45, 7) is 0.0775. The summed E-state index contributed by atoms with van der Waals surface area (Å²) in [6, 6.07) is 26.3. The number of carbonyl (C=O) groups is 4. The highest BCUT2D eigenvalue weighted by atomic mass is 16.6. The highest BCUT2D eigenvalue weighted by Crippen LogP contribution is 2.25. The Morgan fingerprint density at radius 3 is 1.23 bits per heavy atom. The van der Waals surface area contributed by atoms with Crippen molar-refractivity contribution in [2.75, 3.05) is 0 Å². The number of para-hydroxylation sites is 4. The lowest BCUT2D eigenvalue weighted by atomic mass is 10.1. The number of hydrogen-bond acceptors (Lipinski definition) is 10. The Hall–Kier alpha value is -5.64. The summed E-state index contributed by atoms with van der Waals surface area (Å²) in [5.74, 6) is -2.23. The number of carbonyl (C=O) groups excluding carboxylic acids is 4. The third-order valence-corrected chi connectivity index (χ3v) is 7.39. The molecule has 0 aliphatic rings. The molecular weight excluding hydrogens is 616 g/mol. The van der Waals surface area contributed by atoms with Gasteiger partial charge in [0.1, 0.15) is 47.3 Å². The second-order valence-corrected chi connectivity index (χ2v) is 11.0. The Labute approximate surface area is 278 Å². The molecule has 10 heteroatoms. The lowest BCUT2D eigenvalue weighted by molar-refractivity contribution is -0.139. The number of phenols is 2. The highest BCUT2D eigenvalue weighted by Gasteiger charge is 2.19. The predicted molar refractivity (Wildman–Crippen MR) is 176 cm³/mol. The normalized spacial score (nSPS) is 10.6. The molecule has 0 saturated carbocycles. The highest BCUT2D eigenvalue weighted by molar-refractivity contribution is 5.99. The minimum atomic E-state index is -0.804. The van der Waals surface area contributed by atoms with Crippen LogP contribution < -0.4 is 9.47 Å². The van der Waals surface area contributed by atoms with Crippen LogP contribution in [-0.4, -0.2) is 34.1 Å². The molecule has 0 aliphatic heterocycles. The van der Waals surface area contributed by atoms with Crippen LogP contribution in [0.3, 0.4) is 0 Å². The van der Waals surface area contributed by atoms with Crippen LogP contribution in [0.2, 0.25) is 0 Å². The molecule has 0 amide bonds. The molecule has 0 aliphatic carbocycles. The fourth-order valence-electron chi connectivity index (χ4n) is 4.76. The number of esters is 4. The first-order chi connectivity index (χ1) is 23.3. The van der Waals surface area contributed by atoms with E-state index in [1.807, 2.05) is 0 Å². The van der Waals surface area contributed by atoms with Crippen LogP contribution in [0.4, 0.5) is 0 Å². The zero-order valence-electron chi connectivity index (χ0n) is 26.5. The molecule has 250 valence electrons. The largest absolute Gasteiger partial charge is 0.508 e. The molecule has 0 fully saturated rings. The Balaban J connectivity index is 1.08. The monoisotopic (exact) mass is 654 g/mol. The molecule has 48 heavy (non-hydrogen) atoms. The average molecular weight is 655 g/mol. The van der Waals surface area contributed by atoms with Crippen molar-refractivity contribution in [3.05, 3.63) is 119 Å². The number of hydrogen-bond donors (Lipinski definition) is 2. The van der Waals surface area contributed by atoms with Gasteiger partial charge in [-0.15, -0.1) is 0 Å². The molecule has 0 spiro atoms. The number of benzene rings is 4. The maximum atomic E-state index is 12.6. The number of rotatable bonds is 17. The minimum Gasteiger partial charge on any atom is -0.508 e. The molecule has 0 unspecified atom stereocenters. The Morgan fingerprint density at radius 2 is 0.812 bits per heavy atom. The van der Waals surface area contributed by atoms with Gasteiger partial charge in [0.25, 0.3) is 0 Å². The molecular formula is C38H38O10. The molecule has 4 rings (SSSR count). The van der Waals surface area contributed by atoms with E-state index >= 15 is 0 Å². The molecule has 4 aromatic carbocycles. The van der Waals surface area contributed by atoms with E-state index in [0.717, 1.165) is 25.7 Å². The zero-order valence-corrected chi connectivity index (χ0v) is 26.5. The second kappa shape index (κ2) is 18.5. The van der Waals surface area contributed by atoms with E-state index < -0.39 is 23.9 Å². The lowest BCUT2D eigenvalue weighted by Gasteiger charge is -2.11. The van der Waals surface area contributed by atoms with E-state index in [2.05, 4.69) is 0 Å². The summed E-state index contributed by atoms with van der Waals surface area (Å²) in [5.41, 5.74) is 1.34. The van der Waals surface area contributed by atoms with Crippen LogP contribution in [0.25, 0.3) is 0 Å². The van der Waals surface area contributed by atoms with Crippen LogP contribution in [0.1, 0.15) is 83.2 Å². The standard InChI is InChI=1S/C38H38O10/c39-31-19-11-7-15-27(31)25-45-33-21-13-9-17-29(33)37(43)47-35(41)23-5-3-1-2-4-6-24-36(42)48-38(44)30-18-10-14-22-34(30)46-26-28-16-8-12-20-32(28)40/h7-22,39-40H,1-6,23-26H2. The van der Waals surface area contributed by atoms with Gasteiger partial charge in [0.2, 0.25) is 0 Å². The maximum Gasteiger partial charge on any atom is 0.349 e. The third kappa shape index (κ3) is 11.0. The van der Waals surface area contributed by atoms with Gasteiger partial charge < -0.3 is 29.2 Å². The summed E-state index contributed by atoms with van der Waals surface area (Å²) in [7, 11) is 0. The fraction of sp³-hybridized carbons (Fsp3) is 0.263. The van der Waals surface area contributed by atoms with Gasteiger partial charge in [-0.2, -0.15) is 0 Å². The lowest BCUT2D eigenvalue weighted by Crippen LogP contribution is -2.14. The van der Waals surface area contributed by atoms with Crippen LogP contribution in [0.5, 0.6) is 23.0 Å². The van der Waals surface area contributed by atoms with E-state index in [-0.39, 0.29) is 60.2 Å². The molecule has 0 saturated heterocycles. The number of unbranched alkanes of at least 4 members (excludes halogenated alkanes) is 5. The van der Waals surface area contributed by atoms with Gasteiger partial charge in [0.05, 0.1) is 0 Å². The number of phenolic OH excluding ortho intramolecular Hbond substituents is 2. The van der Waals surface area contributed by atoms with Crippen molar-refractivity contribution < 1.29 is 48.3 Å². The average Bonchev–Trinajstić information content (AvgIpc) is 3.09. The first kappa shape index (κ1) is 35.2. The molecule has 2 N–H and O–H groups in total. The summed E-state index contributed by atoms with van der Waals surface area (Å²) in [4.78, 5) is 49.8. The molecule has 10 nitrogen and oxygen atoms in total. The van der Waals surface area contributed by atoms with E-state index in [4.69, 9.17) is 18.9 Å². The smallest absolute Gasteiger partial charge is 0.349 e. The van der Waals surface area contributed by atoms with Crippen molar-refractivity contribution in [1.82, 2.24) is 0 Å². The van der Waals surface area contributed by atoms with Gasteiger partial charge in [0.15, 0.2) is 0 Å². The fourth-order valence-corrected chi connectivity index (χ4v) is 4.76.